The van der Waals surface area contributed by atoms with Gasteiger partial charge in [0.15, 0.2) is 0 Å². The third-order valence-electron chi connectivity index (χ3n) is 4.03. The van der Waals surface area contributed by atoms with Crippen molar-refractivity contribution in [3.05, 3.63) is 35.4 Å². The number of carbonyl (C=O) groups is 2. The molecule has 0 spiro atoms. The highest BCUT2D eigenvalue weighted by molar-refractivity contribution is 5.94. The molecule has 1 aliphatic rings. The molecular weight excluding hydrogens is 314 g/mol. The van der Waals surface area contributed by atoms with Crippen molar-refractivity contribution >= 4 is 24.2 Å². The molecule has 0 aliphatic carbocycles. The standard InChI is InChI=1S/C17H25N3O2.ClH/c1-3-14-4-6-15(7-5-14)17(22)20-10-8-19(9-11-20)16(21)12-13(2)18;/h4-7,13H,3,8-12,18H2,1-2H3;1H. The molecule has 1 unspecified atom stereocenters. The van der Waals surface area contributed by atoms with E-state index in [2.05, 4.69) is 6.92 Å². The predicted octanol–water partition coefficient (Wildman–Crippen LogP) is 1.69. The number of benzene rings is 1. The van der Waals surface area contributed by atoms with E-state index in [1.807, 2.05) is 36.1 Å². The summed E-state index contributed by atoms with van der Waals surface area (Å²) in [4.78, 5) is 28.0. The number of halogens is 1. The highest BCUT2D eigenvalue weighted by Gasteiger charge is 2.24. The van der Waals surface area contributed by atoms with Gasteiger partial charge in [-0.3, -0.25) is 9.59 Å². The number of piperazine rings is 1. The summed E-state index contributed by atoms with van der Waals surface area (Å²) >= 11 is 0. The summed E-state index contributed by atoms with van der Waals surface area (Å²) in [5, 5.41) is 0. The van der Waals surface area contributed by atoms with Gasteiger partial charge in [-0.05, 0) is 31.0 Å². The number of hydrogen-bond donors (Lipinski definition) is 1. The van der Waals surface area contributed by atoms with Crippen LogP contribution < -0.4 is 5.73 Å². The molecule has 128 valence electrons. The number of aryl methyl sites for hydroxylation is 1. The zero-order chi connectivity index (χ0) is 16.1. The first-order valence-corrected chi connectivity index (χ1v) is 7.92. The third kappa shape index (κ3) is 5.22. The molecule has 2 N–H and O–H groups in total. The number of nitrogens with two attached hydrogens (primary N) is 1. The zero-order valence-corrected chi connectivity index (χ0v) is 14.6. The fraction of sp³-hybridized carbons (Fsp3) is 0.529. The number of amides is 2. The van der Waals surface area contributed by atoms with Crippen molar-refractivity contribution in [2.75, 3.05) is 26.2 Å². The van der Waals surface area contributed by atoms with Gasteiger partial charge in [0.25, 0.3) is 5.91 Å². The maximum Gasteiger partial charge on any atom is 0.253 e. The molecule has 2 rings (SSSR count). The van der Waals surface area contributed by atoms with Gasteiger partial charge in [-0.1, -0.05) is 19.1 Å². The summed E-state index contributed by atoms with van der Waals surface area (Å²) in [5.74, 6) is 0.122. The van der Waals surface area contributed by atoms with Crippen LogP contribution in [-0.4, -0.2) is 53.8 Å². The Hall–Kier alpha value is -1.59. The van der Waals surface area contributed by atoms with E-state index in [-0.39, 0.29) is 30.3 Å². The van der Waals surface area contributed by atoms with Crippen molar-refractivity contribution in [2.45, 2.75) is 32.7 Å². The van der Waals surface area contributed by atoms with E-state index in [4.69, 9.17) is 5.73 Å². The molecule has 1 fully saturated rings. The van der Waals surface area contributed by atoms with Gasteiger partial charge in [-0.15, -0.1) is 12.4 Å². The normalized spacial score (nSPS) is 15.8. The number of carbonyl (C=O) groups excluding carboxylic acids is 2. The largest absolute Gasteiger partial charge is 0.339 e. The molecule has 23 heavy (non-hydrogen) atoms. The quantitative estimate of drug-likeness (QED) is 0.907. The Kier molecular flexibility index (Phi) is 7.52. The molecule has 1 aromatic carbocycles. The third-order valence-corrected chi connectivity index (χ3v) is 4.03. The summed E-state index contributed by atoms with van der Waals surface area (Å²) in [7, 11) is 0. The van der Waals surface area contributed by atoms with Crippen molar-refractivity contribution < 1.29 is 9.59 Å². The molecule has 1 heterocycles. The number of hydrogen-bond acceptors (Lipinski definition) is 3. The molecule has 0 aromatic heterocycles. The first-order valence-electron chi connectivity index (χ1n) is 7.92. The molecule has 1 atom stereocenters. The highest BCUT2D eigenvalue weighted by Crippen LogP contribution is 2.11. The lowest BCUT2D eigenvalue weighted by Gasteiger charge is -2.35. The second kappa shape index (κ2) is 8.89. The number of rotatable bonds is 4. The van der Waals surface area contributed by atoms with Gasteiger partial charge in [0.05, 0.1) is 0 Å². The summed E-state index contributed by atoms with van der Waals surface area (Å²) in [6.45, 7) is 6.26. The molecule has 5 nitrogen and oxygen atoms in total. The van der Waals surface area contributed by atoms with Crippen LogP contribution in [0.15, 0.2) is 24.3 Å². The van der Waals surface area contributed by atoms with E-state index in [0.29, 0.717) is 38.2 Å². The Morgan fingerprint density at radius 3 is 2.09 bits per heavy atom. The van der Waals surface area contributed by atoms with Crippen molar-refractivity contribution in [2.24, 2.45) is 5.73 Å². The molecule has 0 bridgehead atoms. The average Bonchev–Trinajstić information content (AvgIpc) is 2.54. The van der Waals surface area contributed by atoms with E-state index in [1.54, 1.807) is 4.90 Å². The van der Waals surface area contributed by atoms with E-state index in [9.17, 15) is 9.59 Å². The summed E-state index contributed by atoms with van der Waals surface area (Å²) in [5.41, 5.74) is 7.60. The lowest BCUT2D eigenvalue weighted by molar-refractivity contribution is -0.132. The molecule has 1 aliphatic heterocycles. The van der Waals surface area contributed by atoms with Crippen LogP contribution in [0.3, 0.4) is 0 Å². The smallest absolute Gasteiger partial charge is 0.253 e. The van der Waals surface area contributed by atoms with Crippen molar-refractivity contribution in [3.63, 3.8) is 0 Å². The average molecular weight is 340 g/mol. The van der Waals surface area contributed by atoms with E-state index < -0.39 is 0 Å². The molecule has 1 aromatic rings. The fourth-order valence-electron chi connectivity index (χ4n) is 2.63. The van der Waals surface area contributed by atoms with Crippen LogP contribution in [-0.2, 0) is 11.2 Å². The summed E-state index contributed by atoms with van der Waals surface area (Å²) in [6.07, 6.45) is 1.33. The number of nitrogens with zero attached hydrogens (tertiary/aromatic N) is 2. The van der Waals surface area contributed by atoms with Gasteiger partial charge in [-0.25, -0.2) is 0 Å². The maximum atomic E-state index is 12.5. The van der Waals surface area contributed by atoms with Crippen LogP contribution in [0.1, 0.15) is 36.2 Å². The topological polar surface area (TPSA) is 66.6 Å². The lowest BCUT2D eigenvalue weighted by Crippen LogP contribution is -2.51. The summed E-state index contributed by atoms with van der Waals surface area (Å²) < 4.78 is 0. The maximum absolute atomic E-state index is 12.5. The van der Waals surface area contributed by atoms with Crippen LogP contribution in [0, 0.1) is 0 Å². The van der Waals surface area contributed by atoms with Crippen LogP contribution in [0.4, 0.5) is 0 Å². The van der Waals surface area contributed by atoms with Gasteiger partial charge in [0.1, 0.15) is 0 Å². The molecule has 6 heteroatoms. The second-order valence-corrected chi connectivity index (χ2v) is 5.90. The van der Waals surface area contributed by atoms with Gasteiger partial charge < -0.3 is 15.5 Å². The van der Waals surface area contributed by atoms with Gasteiger partial charge in [0.2, 0.25) is 5.91 Å². The molecule has 0 radical (unpaired) electrons. The fourth-order valence-corrected chi connectivity index (χ4v) is 2.63. The summed E-state index contributed by atoms with van der Waals surface area (Å²) in [6, 6.07) is 7.64. The predicted molar refractivity (Wildman–Crippen MR) is 93.8 cm³/mol. The van der Waals surface area contributed by atoms with E-state index >= 15 is 0 Å². The van der Waals surface area contributed by atoms with Crippen LogP contribution in [0.5, 0.6) is 0 Å². The Bertz CT molecular complexity index is 523. The van der Waals surface area contributed by atoms with Crippen molar-refractivity contribution in [1.82, 2.24) is 9.80 Å². The Morgan fingerprint density at radius 1 is 1.09 bits per heavy atom. The second-order valence-electron chi connectivity index (χ2n) is 5.90. The minimum Gasteiger partial charge on any atom is -0.339 e. The molecular formula is C17H26ClN3O2. The molecule has 1 saturated heterocycles. The Labute approximate surface area is 144 Å². The SMILES string of the molecule is CCc1ccc(C(=O)N2CCN(C(=O)CC(C)N)CC2)cc1.Cl. The minimum atomic E-state index is -0.121. The van der Waals surface area contributed by atoms with Crippen LogP contribution >= 0.6 is 12.4 Å². The van der Waals surface area contributed by atoms with Crippen molar-refractivity contribution in [1.29, 1.82) is 0 Å². The van der Waals surface area contributed by atoms with E-state index in [1.165, 1.54) is 5.56 Å². The molecule has 2 amide bonds. The first kappa shape index (κ1) is 19.5. The lowest BCUT2D eigenvalue weighted by atomic mass is 10.1. The zero-order valence-electron chi connectivity index (χ0n) is 13.8. The van der Waals surface area contributed by atoms with Crippen molar-refractivity contribution in [3.8, 4) is 0 Å². The first-order chi connectivity index (χ1) is 10.5. The monoisotopic (exact) mass is 339 g/mol. The molecule has 0 saturated carbocycles. The minimum absolute atomic E-state index is 0. The van der Waals surface area contributed by atoms with Crippen LogP contribution in [0.2, 0.25) is 0 Å². The van der Waals surface area contributed by atoms with Gasteiger partial charge in [-0.2, -0.15) is 0 Å². The Balaban J connectivity index is 0.00000264. The van der Waals surface area contributed by atoms with E-state index in [0.717, 1.165) is 6.42 Å². The Morgan fingerprint density at radius 2 is 1.61 bits per heavy atom. The van der Waals surface area contributed by atoms with Gasteiger partial charge >= 0.3 is 0 Å². The van der Waals surface area contributed by atoms with Crippen LogP contribution in [0.25, 0.3) is 0 Å². The van der Waals surface area contributed by atoms with Gasteiger partial charge in [0, 0.05) is 44.2 Å². The highest BCUT2D eigenvalue weighted by atomic mass is 35.5.